The van der Waals surface area contributed by atoms with Gasteiger partial charge in [-0.05, 0) is 24.3 Å². The van der Waals surface area contributed by atoms with Gasteiger partial charge in [-0.25, -0.2) is 10.9 Å². The molecule has 0 aliphatic rings. The number of carbonyl (C=O) groups is 2. The van der Waals surface area contributed by atoms with Crippen molar-refractivity contribution in [2.24, 2.45) is 10.2 Å². The third-order valence-corrected chi connectivity index (χ3v) is 5.73. The van der Waals surface area contributed by atoms with Crippen molar-refractivity contribution in [1.29, 1.82) is 0 Å². The highest BCUT2D eigenvalue weighted by molar-refractivity contribution is 6.53. The molecule has 0 aromatic heterocycles. The van der Waals surface area contributed by atoms with Crippen LogP contribution in [0.2, 0.25) is 0 Å². The van der Waals surface area contributed by atoms with Gasteiger partial charge in [0.2, 0.25) is 0 Å². The van der Waals surface area contributed by atoms with Gasteiger partial charge in [-0.1, -0.05) is 60.7 Å². The molecule has 4 rings (SSSR count). The van der Waals surface area contributed by atoms with Gasteiger partial charge in [0.1, 0.15) is 11.4 Å². The summed E-state index contributed by atoms with van der Waals surface area (Å²) < 4.78 is 0. The Hall–Kier alpha value is -6.44. The van der Waals surface area contributed by atoms with Crippen molar-refractivity contribution < 1.29 is 29.6 Å². The zero-order valence-electron chi connectivity index (χ0n) is 21.4. The van der Waals surface area contributed by atoms with Gasteiger partial charge in [0.25, 0.3) is 11.8 Å². The predicted octanol–water partition coefficient (Wildman–Crippen LogP) is 3.88. The second-order valence-electron chi connectivity index (χ2n) is 8.46. The Labute approximate surface area is 236 Å². The summed E-state index contributed by atoms with van der Waals surface area (Å²) in [5.74, 6) is -2.89. The first-order valence-electron chi connectivity index (χ1n) is 12.0. The summed E-state index contributed by atoms with van der Waals surface area (Å²) in [5, 5.41) is 50.2. The summed E-state index contributed by atoms with van der Waals surface area (Å²) in [4.78, 5) is 46.5. The van der Waals surface area contributed by atoms with Crippen molar-refractivity contribution in [3.05, 3.63) is 140 Å². The van der Waals surface area contributed by atoms with Crippen LogP contribution in [0.1, 0.15) is 31.8 Å². The smallest absolute Gasteiger partial charge is 0.311 e. The summed E-state index contributed by atoms with van der Waals surface area (Å²) in [6.07, 6.45) is 0. The molecule has 0 fully saturated rings. The second-order valence-corrected chi connectivity index (χ2v) is 8.46. The van der Waals surface area contributed by atoms with Crippen LogP contribution in [0, 0.1) is 20.2 Å². The Bertz CT molecular complexity index is 1610. The van der Waals surface area contributed by atoms with Crippen LogP contribution in [0.5, 0.6) is 11.5 Å². The maximum absolute atomic E-state index is 12.9. The molecule has 0 unspecified atom stereocenters. The molecule has 4 aromatic carbocycles. The van der Waals surface area contributed by atoms with E-state index in [4.69, 9.17) is 0 Å². The molecule has 4 N–H and O–H groups in total. The Balaban J connectivity index is 1.75. The van der Waals surface area contributed by atoms with Crippen molar-refractivity contribution >= 4 is 34.6 Å². The monoisotopic (exact) mass is 568 g/mol. The summed E-state index contributed by atoms with van der Waals surface area (Å²) in [6, 6.07) is 23.1. The van der Waals surface area contributed by atoms with Crippen LogP contribution in [-0.4, -0.2) is 43.3 Å². The summed E-state index contributed by atoms with van der Waals surface area (Å²) in [7, 11) is 0. The highest BCUT2D eigenvalue weighted by Crippen LogP contribution is 2.27. The number of nitro benzene ring substituents is 2. The lowest BCUT2D eigenvalue weighted by Gasteiger charge is -2.12. The van der Waals surface area contributed by atoms with E-state index in [1.807, 2.05) is 0 Å². The summed E-state index contributed by atoms with van der Waals surface area (Å²) in [5.41, 5.74) is 4.10. The topological polar surface area (TPSA) is 210 Å². The minimum Gasteiger partial charge on any atom is -0.502 e. The van der Waals surface area contributed by atoms with Crippen LogP contribution in [0.25, 0.3) is 0 Å². The van der Waals surface area contributed by atoms with E-state index in [9.17, 15) is 40.0 Å². The van der Waals surface area contributed by atoms with Gasteiger partial charge in [0, 0.05) is 34.4 Å². The minimum atomic E-state index is -0.837. The Kier molecular flexibility index (Phi) is 8.58. The zero-order chi connectivity index (χ0) is 30.2. The lowest BCUT2D eigenvalue weighted by Crippen LogP contribution is -2.28. The van der Waals surface area contributed by atoms with E-state index in [0.29, 0.717) is 11.1 Å². The van der Waals surface area contributed by atoms with Crippen molar-refractivity contribution in [3.63, 3.8) is 0 Å². The van der Waals surface area contributed by atoms with Gasteiger partial charge >= 0.3 is 11.4 Å². The predicted molar refractivity (Wildman–Crippen MR) is 150 cm³/mol. The van der Waals surface area contributed by atoms with Gasteiger partial charge in [-0.3, -0.25) is 29.8 Å². The molecular weight excluding hydrogens is 548 g/mol. The van der Waals surface area contributed by atoms with E-state index in [-0.39, 0.29) is 22.6 Å². The number of benzene rings is 4. The number of hydrazone groups is 2. The molecule has 0 atom stereocenters. The number of nitrogens with one attached hydrogen (secondary N) is 2. The molecule has 0 heterocycles. The van der Waals surface area contributed by atoms with Crippen LogP contribution in [-0.2, 0) is 0 Å². The first-order valence-corrected chi connectivity index (χ1v) is 12.0. The fourth-order valence-electron chi connectivity index (χ4n) is 3.66. The number of phenols is 2. The van der Waals surface area contributed by atoms with Crippen molar-refractivity contribution in [3.8, 4) is 11.5 Å². The molecule has 2 amide bonds. The first kappa shape index (κ1) is 28.6. The van der Waals surface area contributed by atoms with E-state index >= 15 is 0 Å². The second kappa shape index (κ2) is 12.6. The number of nitrogens with zero attached hydrogens (tertiary/aromatic N) is 4. The maximum atomic E-state index is 12.9. The largest absolute Gasteiger partial charge is 0.502 e. The van der Waals surface area contributed by atoms with Crippen LogP contribution >= 0.6 is 0 Å². The number of aromatic hydroxyl groups is 2. The lowest BCUT2D eigenvalue weighted by atomic mass is 10.00. The van der Waals surface area contributed by atoms with Crippen molar-refractivity contribution in [2.45, 2.75) is 0 Å². The highest BCUT2D eigenvalue weighted by Gasteiger charge is 2.21. The molecule has 0 radical (unpaired) electrons. The van der Waals surface area contributed by atoms with Crippen LogP contribution in [0.3, 0.4) is 0 Å². The standard InChI is InChI=1S/C28H20N6O8/c35-23-13-11-19(15-21(23)33(39)40)27(37)31-29-25(17-7-3-1-4-8-17)26(18-9-5-2-6-10-18)30-32-28(38)20-12-14-24(36)22(16-20)34(41)42/h1-16,35-36H,(H,31,37)(H,32,38)/b29-25-,30-26-. The van der Waals surface area contributed by atoms with Gasteiger partial charge in [0.15, 0.2) is 11.5 Å². The maximum Gasteiger partial charge on any atom is 0.311 e. The summed E-state index contributed by atoms with van der Waals surface area (Å²) >= 11 is 0. The van der Waals surface area contributed by atoms with Crippen LogP contribution < -0.4 is 10.9 Å². The summed E-state index contributed by atoms with van der Waals surface area (Å²) in [6.45, 7) is 0. The lowest BCUT2D eigenvalue weighted by molar-refractivity contribution is -0.386. The van der Waals surface area contributed by atoms with Crippen molar-refractivity contribution in [2.75, 3.05) is 0 Å². The molecule has 4 aromatic rings. The fourth-order valence-corrected chi connectivity index (χ4v) is 3.66. The number of phenolic OH excluding ortho intramolecular Hbond substituents is 2. The van der Waals surface area contributed by atoms with E-state index in [0.717, 1.165) is 24.3 Å². The molecule has 0 saturated heterocycles. The third kappa shape index (κ3) is 6.58. The van der Waals surface area contributed by atoms with Crippen molar-refractivity contribution in [1.82, 2.24) is 10.9 Å². The zero-order valence-corrected chi connectivity index (χ0v) is 21.4. The quantitative estimate of drug-likeness (QED) is 0.132. The van der Waals surface area contributed by atoms with Gasteiger partial charge in [0.05, 0.1) is 9.85 Å². The fraction of sp³-hybridized carbons (Fsp3) is 0. The van der Waals surface area contributed by atoms with Gasteiger partial charge in [-0.15, -0.1) is 0 Å². The molecule has 0 aliphatic heterocycles. The van der Waals surface area contributed by atoms with E-state index in [1.165, 1.54) is 12.1 Å². The molecule has 0 saturated carbocycles. The van der Waals surface area contributed by atoms with E-state index in [2.05, 4.69) is 21.1 Å². The van der Waals surface area contributed by atoms with Crippen LogP contribution in [0.4, 0.5) is 11.4 Å². The van der Waals surface area contributed by atoms with Gasteiger partial charge < -0.3 is 10.2 Å². The molecule has 42 heavy (non-hydrogen) atoms. The van der Waals surface area contributed by atoms with Crippen LogP contribution in [0.15, 0.2) is 107 Å². The molecule has 0 spiro atoms. The van der Waals surface area contributed by atoms with E-state index < -0.39 is 44.5 Å². The van der Waals surface area contributed by atoms with Gasteiger partial charge in [-0.2, -0.15) is 10.2 Å². The normalized spacial score (nSPS) is 11.4. The third-order valence-electron chi connectivity index (χ3n) is 5.73. The number of hydrogen-bond donors (Lipinski definition) is 4. The number of rotatable bonds is 9. The van der Waals surface area contributed by atoms with E-state index in [1.54, 1.807) is 60.7 Å². The number of nitro groups is 2. The SMILES string of the molecule is O=C(N/N=C(\C(=N/NC(=O)c1ccc(O)c([N+](=O)[O-])c1)c1ccccc1)c1ccccc1)c1ccc(O)c([N+](=O)[O-])c1. The molecule has 0 bridgehead atoms. The number of carbonyl (C=O) groups excluding carboxylic acids is 2. The number of hydrogen-bond acceptors (Lipinski definition) is 10. The molecule has 210 valence electrons. The Morgan fingerprint density at radius 3 is 1.26 bits per heavy atom. The molecule has 0 aliphatic carbocycles. The highest BCUT2D eigenvalue weighted by atomic mass is 16.6. The molecular formula is C28H20N6O8. The average molecular weight is 569 g/mol. The number of amides is 2. The molecule has 14 heteroatoms. The molecule has 14 nitrogen and oxygen atoms in total. The minimum absolute atomic E-state index is 0.0837. The first-order chi connectivity index (χ1) is 20.2. The Morgan fingerprint density at radius 1 is 0.571 bits per heavy atom. The average Bonchev–Trinajstić information content (AvgIpc) is 2.99. The Morgan fingerprint density at radius 2 is 0.929 bits per heavy atom.